The first kappa shape index (κ1) is 21.7. The Morgan fingerprint density at radius 2 is 1.96 bits per heavy atom. The quantitative estimate of drug-likeness (QED) is 0.276. The third-order valence-corrected chi connectivity index (χ3v) is 6.06. The van der Waals surface area contributed by atoms with Gasteiger partial charge in [0.1, 0.15) is 0 Å². The molecule has 0 bridgehead atoms. The number of halogens is 1. The minimum absolute atomic E-state index is 0. The van der Waals surface area contributed by atoms with E-state index < -0.39 is 0 Å². The van der Waals surface area contributed by atoms with Gasteiger partial charge in [-0.05, 0) is 31.6 Å². The Kier molecular flexibility index (Phi) is 8.93. The van der Waals surface area contributed by atoms with Crippen LogP contribution in [-0.2, 0) is 9.53 Å². The molecule has 150 valence electrons. The molecule has 7 heteroatoms. The molecule has 0 aromatic carbocycles. The summed E-state index contributed by atoms with van der Waals surface area (Å²) in [6.07, 6.45) is 9.41. The van der Waals surface area contributed by atoms with Crippen LogP contribution in [0.15, 0.2) is 4.99 Å². The van der Waals surface area contributed by atoms with Crippen molar-refractivity contribution in [2.75, 3.05) is 46.4 Å². The fourth-order valence-corrected chi connectivity index (χ4v) is 4.52. The molecule has 2 heterocycles. The zero-order chi connectivity index (χ0) is 17.5. The lowest BCUT2D eigenvalue weighted by atomic mass is 9.87. The highest BCUT2D eigenvalue weighted by atomic mass is 127. The van der Waals surface area contributed by atoms with Crippen molar-refractivity contribution >= 4 is 35.8 Å². The van der Waals surface area contributed by atoms with Crippen molar-refractivity contribution in [2.24, 2.45) is 16.3 Å². The van der Waals surface area contributed by atoms with E-state index in [9.17, 15) is 4.79 Å². The second-order valence-corrected chi connectivity index (χ2v) is 8.01. The van der Waals surface area contributed by atoms with Gasteiger partial charge in [-0.25, -0.2) is 0 Å². The third-order valence-electron chi connectivity index (χ3n) is 6.06. The van der Waals surface area contributed by atoms with Crippen LogP contribution in [0.3, 0.4) is 0 Å². The number of hydrogen-bond donors (Lipinski definition) is 2. The van der Waals surface area contributed by atoms with E-state index >= 15 is 0 Å². The van der Waals surface area contributed by atoms with Crippen LogP contribution in [0.5, 0.6) is 0 Å². The predicted octanol–water partition coefficient (Wildman–Crippen LogP) is 2.38. The van der Waals surface area contributed by atoms with Gasteiger partial charge < -0.3 is 20.3 Å². The summed E-state index contributed by atoms with van der Waals surface area (Å²) in [6, 6.07) is 0. The molecule has 3 rings (SSSR count). The van der Waals surface area contributed by atoms with Crippen LogP contribution in [0.25, 0.3) is 0 Å². The number of carbonyl (C=O) groups is 1. The standard InChI is InChI=1S/C19H34N4O2.HI/c1-20-18(23-11-7-19(14-23)8-12-25-15-19)22-10-9-21-17(24)13-16-5-3-2-4-6-16;/h16H,2-15H2,1H3,(H,20,22)(H,21,24);1H. The minimum Gasteiger partial charge on any atom is -0.381 e. The molecular weight excluding hydrogens is 443 g/mol. The second-order valence-electron chi connectivity index (χ2n) is 8.01. The van der Waals surface area contributed by atoms with E-state index in [0.29, 0.717) is 24.3 Å². The molecule has 2 aliphatic heterocycles. The number of likely N-dealkylation sites (tertiary alicyclic amines) is 1. The molecule has 3 fully saturated rings. The summed E-state index contributed by atoms with van der Waals surface area (Å²) in [5.74, 6) is 1.75. The number of rotatable bonds is 5. The van der Waals surface area contributed by atoms with Crippen molar-refractivity contribution in [1.82, 2.24) is 15.5 Å². The monoisotopic (exact) mass is 478 g/mol. The van der Waals surface area contributed by atoms with Gasteiger partial charge in [-0.1, -0.05) is 19.3 Å². The summed E-state index contributed by atoms with van der Waals surface area (Å²) in [4.78, 5) is 18.8. The van der Waals surface area contributed by atoms with Crippen molar-refractivity contribution < 1.29 is 9.53 Å². The minimum atomic E-state index is 0. The Balaban J connectivity index is 0.00000243. The molecule has 0 radical (unpaired) electrons. The molecule has 1 unspecified atom stereocenters. The largest absolute Gasteiger partial charge is 0.381 e. The average molecular weight is 478 g/mol. The number of hydrogen-bond acceptors (Lipinski definition) is 3. The highest BCUT2D eigenvalue weighted by molar-refractivity contribution is 14.0. The van der Waals surface area contributed by atoms with Gasteiger partial charge in [0.25, 0.3) is 0 Å². The summed E-state index contributed by atoms with van der Waals surface area (Å²) < 4.78 is 5.60. The Bertz CT molecular complexity index is 474. The Labute approximate surface area is 174 Å². The molecule has 26 heavy (non-hydrogen) atoms. The molecular formula is C19H35IN4O2. The number of nitrogens with zero attached hydrogens (tertiary/aromatic N) is 2. The van der Waals surface area contributed by atoms with E-state index in [1.807, 2.05) is 7.05 Å². The zero-order valence-electron chi connectivity index (χ0n) is 16.1. The van der Waals surface area contributed by atoms with Crippen molar-refractivity contribution in [1.29, 1.82) is 0 Å². The summed E-state index contributed by atoms with van der Waals surface area (Å²) >= 11 is 0. The number of ether oxygens (including phenoxy) is 1. The summed E-state index contributed by atoms with van der Waals surface area (Å²) in [6.45, 7) is 5.23. The van der Waals surface area contributed by atoms with E-state index in [0.717, 1.165) is 45.2 Å². The normalized spacial score (nSPS) is 26.8. The van der Waals surface area contributed by atoms with Crippen LogP contribution in [0.2, 0.25) is 0 Å². The maximum absolute atomic E-state index is 12.1. The van der Waals surface area contributed by atoms with Crippen LogP contribution in [0, 0.1) is 11.3 Å². The molecule has 2 N–H and O–H groups in total. The molecule has 6 nitrogen and oxygen atoms in total. The maximum Gasteiger partial charge on any atom is 0.220 e. The van der Waals surface area contributed by atoms with Crippen molar-refractivity contribution in [2.45, 2.75) is 51.4 Å². The smallest absolute Gasteiger partial charge is 0.220 e. The molecule has 1 aliphatic carbocycles. The van der Waals surface area contributed by atoms with Crippen LogP contribution in [0.1, 0.15) is 51.4 Å². The van der Waals surface area contributed by atoms with Gasteiger partial charge in [-0.15, -0.1) is 24.0 Å². The molecule has 0 aromatic heterocycles. The lowest BCUT2D eigenvalue weighted by molar-refractivity contribution is -0.122. The highest BCUT2D eigenvalue weighted by Crippen LogP contribution is 2.38. The molecule has 0 aromatic rings. The topological polar surface area (TPSA) is 66.0 Å². The number of nitrogens with one attached hydrogen (secondary N) is 2. The van der Waals surface area contributed by atoms with Crippen LogP contribution in [0.4, 0.5) is 0 Å². The van der Waals surface area contributed by atoms with Crippen LogP contribution >= 0.6 is 24.0 Å². The first-order chi connectivity index (χ1) is 12.2. The van der Waals surface area contributed by atoms with Crippen molar-refractivity contribution in [3.8, 4) is 0 Å². The third kappa shape index (κ3) is 5.97. The molecule has 1 atom stereocenters. The van der Waals surface area contributed by atoms with E-state index in [-0.39, 0.29) is 29.9 Å². The number of guanidine groups is 1. The number of carbonyl (C=O) groups excluding carboxylic acids is 1. The zero-order valence-corrected chi connectivity index (χ0v) is 18.4. The van der Waals surface area contributed by atoms with Crippen LogP contribution < -0.4 is 10.6 Å². The van der Waals surface area contributed by atoms with Crippen LogP contribution in [-0.4, -0.2) is 63.2 Å². The fraction of sp³-hybridized carbons (Fsp3) is 0.895. The fourth-order valence-electron chi connectivity index (χ4n) is 4.52. The number of aliphatic imine (C=N–C) groups is 1. The van der Waals surface area contributed by atoms with E-state index in [1.54, 1.807) is 0 Å². The highest BCUT2D eigenvalue weighted by Gasteiger charge is 2.42. The maximum atomic E-state index is 12.1. The van der Waals surface area contributed by atoms with Crippen molar-refractivity contribution in [3.05, 3.63) is 0 Å². The van der Waals surface area contributed by atoms with Gasteiger partial charge in [-0.3, -0.25) is 9.79 Å². The summed E-state index contributed by atoms with van der Waals surface area (Å²) in [5.41, 5.74) is 0.339. The second kappa shape index (κ2) is 10.7. The summed E-state index contributed by atoms with van der Waals surface area (Å²) in [7, 11) is 1.83. The van der Waals surface area contributed by atoms with Gasteiger partial charge in [0.15, 0.2) is 5.96 Å². The first-order valence-corrected chi connectivity index (χ1v) is 10.0. The van der Waals surface area contributed by atoms with Gasteiger partial charge in [0.05, 0.1) is 6.61 Å². The molecule has 1 amide bonds. The Morgan fingerprint density at radius 1 is 1.19 bits per heavy atom. The van der Waals surface area contributed by atoms with Gasteiger partial charge >= 0.3 is 0 Å². The van der Waals surface area contributed by atoms with Gasteiger partial charge in [0, 0.05) is 51.7 Å². The Morgan fingerprint density at radius 3 is 2.65 bits per heavy atom. The van der Waals surface area contributed by atoms with Crippen molar-refractivity contribution in [3.63, 3.8) is 0 Å². The molecule has 3 aliphatic rings. The predicted molar refractivity (Wildman–Crippen MR) is 115 cm³/mol. The lowest BCUT2D eigenvalue weighted by Crippen LogP contribution is -2.44. The summed E-state index contributed by atoms with van der Waals surface area (Å²) in [5, 5.41) is 6.45. The van der Waals surface area contributed by atoms with E-state index in [4.69, 9.17) is 4.74 Å². The lowest BCUT2D eigenvalue weighted by Gasteiger charge is -2.25. The van der Waals surface area contributed by atoms with Gasteiger partial charge in [-0.2, -0.15) is 0 Å². The first-order valence-electron chi connectivity index (χ1n) is 10.0. The van der Waals surface area contributed by atoms with E-state index in [1.165, 1.54) is 38.5 Å². The molecule has 2 saturated heterocycles. The SMILES string of the molecule is CN=C(NCCNC(=O)CC1CCCCC1)N1CCC2(CCOC2)C1.I. The Hall–Kier alpha value is -0.570. The average Bonchev–Trinajstić information content (AvgIpc) is 3.26. The molecule has 1 spiro atoms. The molecule has 1 saturated carbocycles. The number of amides is 1. The van der Waals surface area contributed by atoms with E-state index in [2.05, 4.69) is 20.5 Å². The van der Waals surface area contributed by atoms with Gasteiger partial charge in [0.2, 0.25) is 5.91 Å².